The quantitative estimate of drug-likeness (QED) is 0.815. The molecule has 1 atom stereocenters. The molecule has 2 rings (SSSR count). The number of amides is 2. The minimum Gasteiger partial charge on any atom is -0.377 e. The van der Waals surface area contributed by atoms with Crippen molar-refractivity contribution >= 4 is 11.7 Å². The van der Waals surface area contributed by atoms with Crippen LogP contribution in [0.5, 0.6) is 0 Å². The lowest BCUT2D eigenvalue weighted by Gasteiger charge is -2.13. The zero-order chi connectivity index (χ0) is 17.5. The van der Waals surface area contributed by atoms with Gasteiger partial charge in [-0.15, -0.1) is 0 Å². The smallest absolute Gasteiger partial charge is 0.319 e. The first-order valence-corrected chi connectivity index (χ1v) is 8.17. The van der Waals surface area contributed by atoms with Crippen molar-refractivity contribution in [3.63, 3.8) is 0 Å². The molecule has 24 heavy (non-hydrogen) atoms. The molecule has 2 aromatic rings. The predicted molar refractivity (Wildman–Crippen MR) is 94.8 cm³/mol. The zero-order valence-electron chi connectivity index (χ0n) is 14.7. The summed E-state index contributed by atoms with van der Waals surface area (Å²) in [5.74, 6) is 1.37. The minimum absolute atomic E-state index is 0.0154. The van der Waals surface area contributed by atoms with Gasteiger partial charge in [0.2, 0.25) is 0 Å². The molecule has 0 aliphatic rings. The van der Waals surface area contributed by atoms with Crippen LogP contribution < -0.4 is 10.6 Å². The largest absolute Gasteiger partial charge is 0.377 e. The van der Waals surface area contributed by atoms with Crippen molar-refractivity contribution in [2.45, 2.75) is 40.0 Å². The number of ether oxygens (including phenoxy) is 1. The molecule has 6 nitrogen and oxygen atoms in total. The van der Waals surface area contributed by atoms with Gasteiger partial charge in [0.05, 0.1) is 12.6 Å². The molecule has 2 N–H and O–H groups in total. The molecular formula is C18H26N4O2. The summed E-state index contributed by atoms with van der Waals surface area (Å²) >= 11 is 0. The number of rotatable bonds is 7. The number of benzene rings is 1. The number of carbonyl (C=O) groups excluding carboxylic acids is 1. The van der Waals surface area contributed by atoms with Crippen molar-refractivity contribution in [3.8, 4) is 0 Å². The predicted octanol–water partition coefficient (Wildman–Crippen LogP) is 3.57. The number of hydrogen-bond donors (Lipinski definition) is 2. The highest BCUT2D eigenvalue weighted by atomic mass is 16.5. The average Bonchev–Trinajstić information content (AvgIpc) is 2.98. The van der Waals surface area contributed by atoms with E-state index in [1.807, 2.05) is 37.4 Å². The first-order chi connectivity index (χ1) is 11.5. The fourth-order valence-electron chi connectivity index (χ4n) is 2.41. The third-order valence-electron chi connectivity index (χ3n) is 3.74. The summed E-state index contributed by atoms with van der Waals surface area (Å²) in [5, 5.41) is 5.69. The van der Waals surface area contributed by atoms with E-state index < -0.39 is 0 Å². The lowest BCUT2D eigenvalue weighted by atomic mass is 10.1. The zero-order valence-corrected chi connectivity index (χ0v) is 14.7. The maximum atomic E-state index is 12.1. The van der Waals surface area contributed by atoms with Crippen molar-refractivity contribution < 1.29 is 9.53 Å². The first-order valence-electron chi connectivity index (χ1n) is 8.17. The van der Waals surface area contributed by atoms with Crippen LogP contribution in [0.15, 0.2) is 36.7 Å². The Labute approximate surface area is 143 Å². The third-order valence-corrected chi connectivity index (χ3v) is 3.74. The molecule has 130 valence electrons. The van der Waals surface area contributed by atoms with Crippen molar-refractivity contribution in [2.75, 3.05) is 12.4 Å². The van der Waals surface area contributed by atoms with E-state index in [1.165, 1.54) is 0 Å². The number of hydrogen-bond acceptors (Lipinski definition) is 3. The van der Waals surface area contributed by atoms with Gasteiger partial charge in [0.25, 0.3) is 0 Å². The van der Waals surface area contributed by atoms with E-state index >= 15 is 0 Å². The van der Waals surface area contributed by atoms with Crippen LogP contribution in [0.3, 0.4) is 0 Å². The Hall–Kier alpha value is -2.34. The van der Waals surface area contributed by atoms with E-state index in [0.29, 0.717) is 12.5 Å². The van der Waals surface area contributed by atoms with Gasteiger partial charge in [-0.3, -0.25) is 0 Å². The van der Waals surface area contributed by atoms with Crippen LogP contribution in [-0.4, -0.2) is 22.7 Å². The summed E-state index contributed by atoms with van der Waals surface area (Å²) in [7, 11) is 1.66. The lowest BCUT2D eigenvalue weighted by Crippen LogP contribution is -2.29. The van der Waals surface area contributed by atoms with Gasteiger partial charge in [-0.2, -0.15) is 0 Å². The lowest BCUT2D eigenvalue weighted by molar-refractivity contribution is 0.119. The van der Waals surface area contributed by atoms with Crippen LogP contribution in [0.1, 0.15) is 38.3 Å². The first kappa shape index (κ1) is 18.0. The molecule has 1 aromatic carbocycles. The second-order valence-corrected chi connectivity index (χ2v) is 6.20. The molecule has 1 heterocycles. The number of methoxy groups -OCH3 is 1. The van der Waals surface area contributed by atoms with Gasteiger partial charge in [-0.25, -0.2) is 9.78 Å². The Balaban J connectivity index is 1.91. The molecule has 0 fully saturated rings. The highest BCUT2D eigenvalue weighted by Gasteiger charge is 2.09. The fraction of sp³-hybridized carbons (Fsp3) is 0.444. The van der Waals surface area contributed by atoms with Crippen molar-refractivity contribution in [1.29, 1.82) is 0 Å². The van der Waals surface area contributed by atoms with Crippen LogP contribution in [0.4, 0.5) is 10.5 Å². The molecule has 2 amide bonds. The van der Waals surface area contributed by atoms with Crippen LogP contribution in [0.25, 0.3) is 0 Å². The van der Waals surface area contributed by atoms with Crippen LogP contribution in [0, 0.1) is 5.92 Å². The topological polar surface area (TPSA) is 68.2 Å². The van der Waals surface area contributed by atoms with Crippen molar-refractivity contribution in [3.05, 3.63) is 48.0 Å². The van der Waals surface area contributed by atoms with Gasteiger partial charge in [0.15, 0.2) is 0 Å². The van der Waals surface area contributed by atoms with E-state index in [0.717, 1.165) is 23.6 Å². The van der Waals surface area contributed by atoms with Gasteiger partial charge in [0, 0.05) is 31.7 Å². The molecule has 6 heteroatoms. The minimum atomic E-state index is -0.253. The van der Waals surface area contributed by atoms with E-state index in [1.54, 1.807) is 13.3 Å². The van der Waals surface area contributed by atoms with E-state index in [-0.39, 0.29) is 12.1 Å². The Morgan fingerprint density at radius 1 is 1.33 bits per heavy atom. The number of imidazole rings is 1. The summed E-state index contributed by atoms with van der Waals surface area (Å²) in [6.07, 6.45) is 3.68. The van der Waals surface area contributed by atoms with Crippen molar-refractivity contribution in [2.24, 2.45) is 5.92 Å². The summed E-state index contributed by atoms with van der Waals surface area (Å²) in [4.78, 5) is 16.4. The summed E-state index contributed by atoms with van der Waals surface area (Å²) in [6, 6.07) is 7.38. The van der Waals surface area contributed by atoms with Crippen molar-refractivity contribution in [1.82, 2.24) is 14.9 Å². The number of urea groups is 1. The number of anilines is 1. The molecule has 0 aliphatic carbocycles. The average molecular weight is 330 g/mol. The second-order valence-electron chi connectivity index (χ2n) is 6.20. The normalized spacial score (nSPS) is 12.2. The molecule has 1 aromatic heterocycles. The molecule has 0 unspecified atom stereocenters. The standard InChI is InChI=1S/C18H26N4O2/c1-13(2)12-22-9-8-19-17(22)11-20-18(23)21-16-7-5-6-15(10-16)14(3)24-4/h5-10,13-14H,11-12H2,1-4H3,(H2,20,21,23)/t14-/m1/s1. The summed E-state index contributed by atoms with van der Waals surface area (Å²) in [5.41, 5.74) is 1.75. The number of nitrogens with zero attached hydrogens (tertiary/aromatic N) is 2. The summed E-state index contributed by atoms with van der Waals surface area (Å²) < 4.78 is 7.36. The SMILES string of the molecule is CO[C@H](C)c1cccc(NC(=O)NCc2nccn2CC(C)C)c1. The highest BCUT2D eigenvalue weighted by Crippen LogP contribution is 2.19. The fourth-order valence-corrected chi connectivity index (χ4v) is 2.41. The van der Waals surface area contributed by atoms with Gasteiger partial charge in [-0.05, 0) is 30.5 Å². The molecule has 0 bridgehead atoms. The van der Waals surface area contributed by atoms with Crippen LogP contribution in [-0.2, 0) is 17.8 Å². The van der Waals surface area contributed by atoms with Crippen LogP contribution in [0.2, 0.25) is 0 Å². The Kier molecular flexibility index (Phi) is 6.37. The van der Waals surface area contributed by atoms with E-state index in [4.69, 9.17) is 4.74 Å². The Morgan fingerprint density at radius 3 is 2.83 bits per heavy atom. The molecule has 0 aliphatic heterocycles. The molecule has 0 saturated carbocycles. The van der Waals surface area contributed by atoms with Gasteiger partial charge in [0.1, 0.15) is 5.82 Å². The van der Waals surface area contributed by atoms with Gasteiger partial charge >= 0.3 is 6.03 Å². The Bertz CT molecular complexity index is 667. The monoisotopic (exact) mass is 330 g/mol. The molecule has 0 saturated heterocycles. The number of nitrogens with one attached hydrogen (secondary N) is 2. The number of aromatic nitrogens is 2. The number of carbonyl (C=O) groups is 1. The van der Waals surface area contributed by atoms with Gasteiger partial charge < -0.3 is 19.9 Å². The van der Waals surface area contributed by atoms with E-state index in [2.05, 4.69) is 34.0 Å². The highest BCUT2D eigenvalue weighted by molar-refractivity contribution is 5.89. The van der Waals surface area contributed by atoms with Crippen LogP contribution >= 0.6 is 0 Å². The molecule has 0 radical (unpaired) electrons. The van der Waals surface area contributed by atoms with Gasteiger partial charge in [-0.1, -0.05) is 26.0 Å². The Morgan fingerprint density at radius 2 is 2.12 bits per heavy atom. The maximum Gasteiger partial charge on any atom is 0.319 e. The molecule has 0 spiro atoms. The molecular weight excluding hydrogens is 304 g/mol. The maximum absolute atomic E-state index is 12.1. The van der Waals surface area contributed by atoms with E-state index in [9.17, 15) is 4.79 Å². The third kappa shape index (κ3) is 5.09. The summed E-state index contributed by atoms with van der Waals surface area (Å²) in [6.45, 7) is 7.54. The second kappa shape index (κ2) is 8.49.